The van der Waals surface area contributed by atoms with Crippen molar-refractivity contribution in [2.24, 2.45) is 5.84 Å². The quantitative estimate of drug-likeness (QED) is 0.379. The van der Waals surface area contributed by atoms with Crippen LogP contribution >= 0.6 is 38.6 Å². The minimum Gasteiger partial charge on any atom is -0.310 e. The highest BCUT2D eigenvalue weighted by Gasteiger charge is 2.25. The predicted molar refractivity (Wildman–Crippen MR) is 84.8 cm³/mol. The van der Waals surface area contributed by atoms with Crippen LogP contribution in [0.25, 0.3) is 0 Å². The molecule has 21 heavy (non-hydrogen) atoms. The molecule has 0 bridgehead atoms. The zero-order valence-electron chi connectivity index (χ0n) is 10.2. The maximum Gasteiger partial charge on any atom is 0.306 e. The van der Waals surface area contributed by atoms with Gasteiger partial charge in [-0.1, -0.05) is 11.3 Å². The van der Waals surface area contributed by atoms with E-state index in [0.717, 1.165) is 14.7 Å². The molecule has 0 saturated carbocycles. The van der Waals surface area contributed by atoms with E-state index < -0.39 is 14.9 Å². The van der Waals surface area contributed by atoms with Gasteiger partial charge in [0.15, 0.2) is 5.00 Å². The van der Waals surface area contributed by atoms with Gasteiger partial charge in [0, 0.05) is 17.5 Å². The van der Waals surface area contributed by atoms with Crippen molar-refractivity contribution in [3.8, 4) is 0 Å². The van der Waals surface area contributed by atoms with E-state index in [4.69, 9.17) is 5.84 Å². The lowest BCUT2D eigenvalue weighted by atomic mass is 10.5. The number of anilines is 1. The predicted octanol–water partition coefficient (Wildman–Crippen LogP) is 2.24. The number of nitrogens with one attached hydrogen (secondary N) is 2. The van der Waals surface area contributed by atoms with Crippen LogP contribution in [0.4, 0.5) is 10.7 Å². The number of thiophene rings is 2. The van der Waals surface area contributed by atoms with Gasteiger partial charge in [0.2, 0.25) is 0 Å². The minimum absolute atomic E-state index is 0.0146. The van der Waals surface area contributed by atoms with E-state index in [-0.39, 0.29) is 21.4 Å². The molecule has 0 spiro atoms. The zero-order valence-corrected chi connectivity index (χ0v) is 14.2. The van der Waals surface area contributed by atoms with Gasteiger partial charge < -0.3 is 5.43 Å². The minimum atomic E-state index is -3.83. The lowest BCUT2D eigenvalue weighted by Crippen LogP contribution is -2.21. The van der Waals surface area contributed by atoms with Crippen LogP contribution < -0.4 is 16.0 Å². The molecule has 2 heterocycles. The number of hydrazine groups is 1. The summed E-state index contributed by atoms with van der Waals surface area (Å²) in [4.78, 5) is 10.9. The fraction of sp³-hybridized carbons (Fsp3) is 0.111. The third-order valence-electron chi connectivity index (χ3n) is 2.35. The van der Waals surface area contributed by atoms with Gasteiger partial charge in [-0.2, -0.15) is 0 Å². The average Bonchev–Trinajstić information content (AvgIpc) is 3.02. The first-order valence-corrected chi connectivity index (χ1v) is 9.23. The molecule has 0 aliphatic heterocycles. The summed E-state index contributed by atoms with van der Waals surface area (Å²) in [6.07, 6.45) is 0. The van der Waals surface area contributed by atoms with E-state index in [1.165, 1.54) is 11.3 Å². The van der Waals surface area contributed by atoms with Crippen molar-refractivity contribution in [1.82, 2.24) is 4.72 Å². The Balaban J connectivity index is 2.21. The number of nitrogen functional groups attached to an aromatic ring is 1. The molecule has 4 N–H and O–H groups in total. The number of hydrogen-bond acceptors (Lipinski definition) is 8. The second-order valence-electron chi connectivity index (χ2n) is 3.71. The fourth-order valence-corrected chi connectivity index (χ4v) is 5.22. The van der Waals surface area contributed by atoms with Crippen molar-refractivity contribution in [2.75, 3.05) is 5.43 Å². The van der Waals surface area contributed by atoms with E-state index in [9.17, 15) is 18.5 Å². The molecule has 0 radical (unpaired) electrons. The normalized spacial score (nSPS) is 11.5. The molecule has 114 valence electrons. The summed E-state index contributed by atoms with van der Waals surface area (Å²) < 4.78 is 27.3. The molecular weight excluding hydrogens is 404 g/mol. The van der Waals surface area contributed by atoms with Gasteiger partial charge in [-0.25, -0.2) is 19.0 Å². The van der Waals surface area contributed by atoms with E-state index in [1.807, 2.05) is 0 Å². The Hall–Kier alpha value is -1.05. The molecule has 8 nitrogen and oxygen atoms in total. The molecule has 0 atom stereocenters. The molecular formula is C9H9BrN4O4S3. The number of hydrogen-bond donors (Lipinski definition) is 3. The highest BCUT2D eigenvalue weighted by Crippen LogP contribution is 2.36. The highest BCUT2D eigenvalue weighted by atomic mass is 79.9. The van der Waals surface area contributed by atoms with Crippen molar-refractivity contribution in [3.05, 3.63) is 37.0 Å². The summed E-state index contributed by atoms with van der Waals surface area (Å²) in [7, 11) is -3.83. The molecule has 12 heteroatoms. The maximum absolute atomic E-state index is 12.1. The summed E-state index contributed by atoms with van der Waals surface area (Å²) in [6.45, 7) is 0.107. The van der Waals surface area contributed by atoms with Crippen LogP contribution in [0.1, 0.15) is 4.88 Å². The first kappa shape index (κ1) is 16.3. The van der Waals surface area contributed by atoms with E-state index in [1.54, 1.807) is 12.1 Å². The lowest BCUT2D eigenvalue weighted by Gasteiger charge is -2.02. The van der Waals surface area contributed by atoms with Crippen LogP contribution in [0.2, 0.25) is 0 Å². The smallest absolute Gasteiger partial charge is 0.306 e. The monoisotopic (exact) mass is 412 g/mol. The second-order valence-corrected chi connectivity index (χ2v) is 9.31. The molecule has 0 saturated heterocycles. The zero-order chi connectivity index (χ0) is 15.6. The SMILES string of the molecule is NNc1sc(S(=O)(=O)NCc2ccc(Br)s2)cc1[N+](=O)[O-]. The number of sulfonamides is 1. The molecule has 0 aliphatic carbocycles. The number of rotatable bonds is 6. The lowest BCUT2D eigenvalue weighted by molar-refractivity contribution is -0.383. The Morgan fingerprint density at radius 1 is 1.38 bits per heavy atom. The Bertz CT molecular complexity index is 770. The van der Waals surface area contributed by atoms with Crippen molar-refractivity contribution < 1.29 is 13.3 Å². The van der Waals surface area contributed by atoms with Gasteiger partial charge >= 0.3 is 5.69 Å². The average molecular weight is 413 g/mol. The number of nitrogens with two attached hydrogens (primary N) is 1. The largest absolute Gasteiger partial charge is 0.310 e. The van der Waals surface area contributed by atoms with Gasteiger partial charge in [0.1, 0.15) is 4.21 Å². The summed E-state index contributed by atoms with van der Waals surface area (Å²) >= 11 is 5.38. The van der Waals surface area contributed by atoms with Crippen LogP contribution in [0.5, 0.6) is 0 Å². The van der Waals surface area contributed by atoms with E-state index in [0.29, 0.717) is 11.3 Å². The highest BCUT2D eigenvalue weighted by molar-refractivity contribution is 9.11. The number of nitro groups is 1. The first-order valence-electron chi connectivity index (χ1n) is 5.32. The van der Waals surface area contributed by atoms with Crippen LogP contribution in [-0.2, 0) is 16.6 Å². The first-order chi connectivity index (χ1) is 9.83. The van der Waals surface area contributed by atoms with Crippen molar-refractivity contribution in [1.29, 1.82) is 0 Å². The van der Waals surface area contributed by atoms with E-state index >= 15 is 0 Å². The molecule has 2 rings (SSSR count). The molecule has 0 fully saturated rings. The second kappa shape index (κ2) is 6.37. The molecule has 0 amide bonds. The third-order valence-corrected chi connectivity index (χ3v) is 6.90. The molecule has 2 aromatic rings. The topological polar surface area (TPSA) is 127 Å². The summed E-state index contributed by atoms with van der Waals surface area (Å²) in [5.41, 5.74) is 1.75. The Kier molecular flexibility index (Phi) is 4.95. The number of halogens is 1. The summed E-state index contributed by atoms with van der Waals surface area (Å²) in [6, 6.07) is 4.56. The Morgan fingerprint density at radius 3 is 2.57 bits per heavy atom. The number of nitrogens with zero attached hydrogens (tertiary/aromatic N) is 1. The van der Waals surface area contributed by atoms with Crippen LogP contribution in [0.15, 0.2) is 26.2 Å². The van der Waals surface area contributed by atoms with Crippen molar-refractivity contribution in [3.63, 3.8) is 0 Å². The fourth-order valence-electron chi connectivity index (χ4n) is 1.41. The standard InChI is InChI=1S/C9H9BrN4O4S3/c10-7-2-1-5(19-7)4-12-21(17,18)8-3-6(14(15)16)9(13-11)20-8/h1-3,12-13H,4,11H2. The molecule has 0 unspecified atom stereocenters. The Morgan fingerprint density at radius 2 is 2.10 bits per heavy atom. The maximum atomic E-state index is 12.1. The summed E-state index contributed by atoms with van der Waals surface area (Å²) in [5.74, 6) is 5.15. The van der Waals surface area contributed by atoms with Gasteiger partial charge in [-0.3, -0.25) is 10.1 Å². The van der Waals surface area contributed by atoms with Gasteiger partial charge in [0.05, 0.1) is 8.71 Å². The van der Waals surface area contributed by atoms with Crippen molar-refractivity contribution in [2.45, 2.75) is 10.8 Å². The van der Waals surface area contributed by atoms with Crippen LogP contribution in [0.3, 0.4) is 0 Å². The third kappa shape index (κ3) is 3.78. The molecule has 0 aliphatic rings. The van der Waals surface area contributed by atoms with Crippen LogP contribution in [0, 0.1) is 10.1 Å². The summed E-state index contributed by atoms with van der Waals surface area (Å²) in [5, 5.41) is 10.8. The van der Waals surface area contributed by atoms with Crippen molar-refractivity contribution >= 4 is 59.3 Å². The Labute approximate surface area is 136 Å². The van der Waals surface area contributed by atoms with Gasteiger partial charge in [0.25, 0.3) is 10.0 Å². The molecule has 2 aromatic heterocycles. The molecule has 0 aromatic carbocycles. The van der Waals surface area contributed by atoms with Gasteiger partial charge in [-0.15, -0.1) is 11.3 Å². The van der Waals surface area contributed by atoms with E-state index in [2.05, 4.69) is 26.1 Å². The van der Waals surface area contributed by atoms with Crippen LogP contribution in [-0.4, -0.2) is 13.3 Å². The van der Waals surface area contributed by atoms with Gasteiger partial charge in [-0.05, 0) is 28.1 Å².